The molecule has 4 nitrogen and oxygen atoms in total. The average Bonchev–Trinajstić information content (AvgIpc) is 2.90. The van der Waals surface area contributed by atoms with Crippen LogP contribution in [0.5, 0.6) is 0 Å². The molecule has 3 rings (SSSR count). The van der Waals surface area contributed by atoms with E-state index in [-0.39, 0.29) is 6.04 Å². The predicted octanol–water partition coefficient (Wildman–Crippen LogP) is 2.88. The summed E-state index contributed by atoms with van der Waals surface area (Å²) < 4.78 is 0. The molecule has 0 amide bonds. The van der Waals surface area contributed by atoms with Gasteiger partial charge in [0.05, 0.1) is 29.3 Å². The number of benzene rings is 1. The van der Waals surface area contributed by atoms with Crippen LogP contribution in [-0.2, 0) is 0 Å². The molecule has 5 heteroatoms. The Hall–Kier alpha value is -1.94. The Morgan fingerprint density at radius 3 is 2.63 bits per heavy atom. The highest BCUT2D eigenvalue weighted by Gasteiger charge is 2.22. The first-order valence-corrected chi connectivity index (χ1v) is 6.47. The van der Waals surface area contributed by atoms with E-state index in [1.807, 2.05) is 31.2 Å². The van der Waals surface area contributed by atoms with Gasteiger partial charge < -0.3 is 5.43 Å². The molecular formula is C14H13ClN4. The first-order valence-electron chi connectivity index (χ1n) is 6.09. The lowest BCUT2D eigenvalue weighted by Gasteiger charge is -2.08. The number of hydrazone groups is 1. The normalized spacial score (nSPS) is 18.0. The molecular weight excluding hydrogens is 260 g/mol. The molecule has 0 bridgehead atoms. The second kappa shape index (κ2) is 4.97. The molecule has 1 aromatic heterocycles. The number of halogens is 1. The lowest BCUT2D eigenvalue weighted by atomic mass is 10.0. The molecule has 0 spiro atoms. The molecule has 0 saturated carbocycles. The van der Waals surface area contributed by atoms with Crippen molar-refractivity contribution in [3.8, 4) is 0 Å². The maximum absolute atomic E-state index is 5.88. The zero-order valence-electron chi connectivity index (χ0n) is 10.5. The average molecular weight is 273 g/mol. The van der Waals surface area contributed by atoms with Crippen LogP contribution in [0, 0.1) is 6.92 Å². The quantitative estimate of drug-likeness (QED) is 0.915. The van der Waals surface area contributed by atoms with Gasteiger partial charge in [-0.2, -0.15) is 5.10 Å². The third-order valence-corrected chi connectivity index (χ3v) is 3.34. The Kier molecular flexibility index (Phi) is 3.17. The monoisotopic (exact) mass is 272 g/mol. The molecule has 2 aromatic rings. The minimum absolute atomic E-state index is 0.0961. The highest BCUT2D eigenvalue weighted by Crippen LogP contribution is 2.23. The Morgan fingerprint density at radius 2 is 1.95 bits per heavy atom. The van der Waals surface area contributed by atoms with E-state index in [9.17, 15) is 0 Å². The zero-order valence-corrected chi connectivity index (χ0v) is 11.2. The number of rotatable bonds is 2. The fraction of sp³-hybridized carbons (Fsp3) is 0.214. The van der Waals surface area contributed by atoms with Crippen molar-refractivity contribution in [2.75, 3.05) is 0 Å². The summed E-state index contributed by atoms with van der Waals surface area (Å²) in [5.41, 5.74) is 7.04. The smallest absolute Gasteiger partial charge is 0.0932 e. The molecule has 1 N–H and O–H groups in total. The highest BCUT2D eigenvalue weighted by atomic mass is 35.5. The van der Waals surface area contributed by atoms with Crippen LogP contribution in [-0.4, -0.2) is 15.7 Å². The molecule has 1 unspecified atom stereocenters. The molecule has 0 saturated heterocycles. The highest BCUT2D eigenvalue weighted by molar-refractivity contribution is 6.30. The molecule has 0 aliphatic carbocycles. The van der Waals surface area contributed by atoms with Gasteiger partial charge in [0.25, 0.3) is 0 Å². The van der Waals surface area contributed by atoms with Gasteiger partial charge in [-0.3, -0.25) is 9.97 Å². The first-order chi connectivity index (χ1) is 9.22. The van der Waals surface area contributed by atoms with Gasteiger partial charge in [0.2, 0.25) is 0 Å². The predicted molar refractivity (Wildman–Crippen MR) is 75.3 cm³/mol. The van der Waals surface area contributed by atoms with E-state index >= 15 is 0 Å². The molecule has 1 aliphatic rings. The molecule has 1 aliphatic heterocycles. The lowest BCUT2D eigenvalue weighted by molar-refractivity contribution is 0.599. The lowest BCUT2D eigenvalue weighted by Crippen LogP contribution is -2.12. The fourth-order valence-electron chi connectivity index (χ4n) is 2.02. The van der Waals surface area contributed by atoms with Crippen molar-refractivity contribution in [3.63, 3.8) is 0 Å². The molecule has 2 heterocycles. The van der Waals surface area contributed by atoms with Gasteiger partial charge in [-0.1, -0.05) is 23.7 Å². The minimum Gasteiger partial charge on any atom is -0.300 e. The molecule has 1 aromatic carbocycles. The van der Waals surface area contributed by atoms with Crippen molar-refractivity contribution in [1.82, 2.24) is 15.4 Å². The second-order valence-electron chi connectivity index (χ2n) is 4.53. The van der Waals surface area contributed by atoms with Crippen molar-refractivity contribution in [2.45, 2.75) is 19.4 Å². The summed E-state index contributed by atoms with van der Waals surface area (Å²) in [6, 6.07) is 7.80. The summed E-state index contributed by atoms with van der Waals surface area (Å²) in [5, 5.41) is 5.10. The van der Waals surface area contributed by atoms with Crippen molar-refractivity contribution in [2.24, 2.45) is 5.10 Å². The zero-order chi connectivity index (χ0) is 13.2. The molecule has 19 heavy (non-hydrogen) atoms. The van der Waals surface area contributed by atoms with Gasteiger partial charge in [-0.05, 0) is 24.6 Å². The Bertz CT molecular complexity index is 604. The number of nitrogens with one attached hydrogen (secondary N) is 1. The molecule has 1 atom stereocenters. The third kappa shape index (κ3) is 2.58. The summed E-state index contributed by atoms with van der Waals surface area (Å²) in [5.74, 6) is 0. The van der Waals surface area contributed by atoms with Crippen LogP contribution >= 0.6 is 11.6 Å². The summed E-state index contributed by atoms with van der Waals surface area (Å²) in [6.45, 7) is 1.93. The van der Waals surface area contributed by atoms with Crippen molar-refractivity contribution in [1.29, 1.82) is 0 Å². The van der Waals surface area contributed by atoms with Crippen LogP contribution in [0.1, 0.15) is 29.4 Å². The topological polar surface area (TPSA) is 50.2 Å². The molecule has 0 radical (unpaired) electrons. The van der Waals surface area contributed by atoms with E-state index in [2.05, 4.69) is 20.5 Å². The van der Waals surface area contributed by atoms with Gasteiger partial charge in [0.1, 0.15) is 0 Å². The standard InChI is InChI=1S/C14H13ClN4/c1-9-7-17-14(8-16-9)13-6-12(18-19-13)10-2-4-11(15)5-3-10/h2-5,7-8,13,19H,6H2,1H3. The van der Waals surface area contributed by atoms with Crippen LogP contribution in [0.25, 0.3) is 0 Å². The number of aromatic nitrogens is 2. The van der Waals surface area contributed by atoms with E-state index in [1.165, 1.54) is 0 Å². The second-order valence-corrected chi connectivity index (χ2v) is 4.97. The van der Waals surface area contributed by atoms with Crippen LogP contribution in [0.3, 0.4) is 0 Å². The van der Waals surface area contributed by atoms with Crippen LogP contribution < -0.4 is 5.43 Å². The van der Waals surface area contributed by atoms with Crippen molar-refractivity contribution in [3.05, 3.63) is 58.6 Å². The Labute approximate surface area is 116 Å². The van der Waals surface area contributed by atoms with E-state index in [4.69, 9.17) is 11.6 Å². The Morgan fingerprint density at radius 1 is 1.16 bits per heavy atom. The third-order valence-electron chi connectivity index (χ3n) is 3.09. The maximum Gasteiger partial charge on any atom is 0.0932 e. The van der Waals surface area contributed by atoms with E-state index in [0.29, 0.717) is 0 Å². The minimum atomic E-state index is 0.0961. The van der Waals surface area contributed by atoms with Crippen molar-refractivity contribution < 1.29 is 0 Å². The van der Waals surface area contributed by atoms with Gasteiger partial charge in [-0.15, -0.1) is 0 Å². The van der Waals surface area contributed by atoms with Gasteiger partial charge in [0, 0.05) is 17.6 Å². The van der Waals surface area contributed by atoms with Crippen LogP contribution in [0.2, 0.25) is 5.02 Å². The summed E-state index contributed by atoms with van der Waals surface area (Å²) in [7, 11) is 0. The molecule has 96 valence electrons. The summed E-state index contributed by atoms with van der Waals surface area (Å²) in [4.78, 5) is 8.65. The van der Waals surface area contributed by atoms with Gasteiger partial charge in [0.15, 0.2) is 0 Å². The molecule has 0 fully saturated rings. The van der Waals surface area contributed by atoms with Gasteiger partial charge >= 0.3 is 0 Å². The SMILES string of the molecule is Cc1cnc(C2CC(c3ccc(Cl)cc3)=NN2)cn1. The van der Waals surface area contributed by atoms with E-state index < -0.39 is 0 Å². The largest absolute Gasteiger partial charge is 0.300 e. The van der Waals surface area contributed by atoms with Crippen LogP contribution in [0.15, 0.2) is 41.8 Å². The number of hydrogen-bond acceptors (Lipinski definition) is 4. The fourth-order valence-corrected chi connectivity index (χ4v) is 2.14. The number of nitrogens with zero attached hydrogens (tertiary/aromatic N) is 3. The maximum atomic E-state index is 5.88. The van der Waals surface area contributed by atoms with E-state index in [1.54, 1.807) is 12.4 Å². The summed E-state index contributed by atoms with van der Waals surface area (Å²) >= 11 is 5.88. The van der Waals surface area contributed by atoms with Crippen molar-refractivity contribution >= 4 is 17.3 Å². The number of aryl methyl sites for hydroxylation is 1. The first kappa shape index (κ1) is 12.1. The summed E-state index contributed by atoms with van der Waals surface area (Å²) in [6.07, 6.45) is 4.38. The van der Waals surface area contributed by atoms with Crippen LogP contribution in [0.4, 0.5) is 0 Å². The Balaban J connectivity index is 1.76. The van der Waals surface area contributed by atoms with Gasteiger partial charge in [-0.25, -0.2) is 0 Å². The van der Waals surface area contributed by atoms with E-state index in [0.717, 1.165) is 34.1 Å². The number of hydrogen-bond donors (Lipinski definition) is 1.